The molecule has 236 valence electrons. The zero-order valence-corrected chi connectivity index (χ0v) is 26.5. The molecule has 5 heterocycles. The number of aromatic amines is 1. The van der Waals surface area contributed by atoms with Gasteiger partial charge in [0.1, 0.15) is 31.0 Å². The Balaban J connectivity index is 1.53. The number of aromatic nitrogens is 6. The Kier molecular flexibility index (Phi) is 10.2. The second kappa shape index (κ2) is 13.7. The molecule has 2 aliphatic rings. The van der Waals surface area contributed by atoms with Crippen LogP contribution in [0.4, 0.5) is 10.2 Å². The molecule has 2 unspecified atom stereocenters. The molecule has 5 rings (SSSR count). The zero-order chi connectivity index (χ0) is 31.5. The fraction of sp³-hybridized carbons (Fsp3) is 0.500. The molecule has 0 spiro atoms. The maximum Gasteiger partial charge on any atom is 0.387 e. The van der Waals surface area contributed by atoms with E-state index in [-0.39, 0.29) is 49.8 Å². The van der Waals surface area contributed by atoms with E-state index < -0.39 is 50.3 Å². The Morgan fingerprint density at radius 1 is 1.41 bits per heavy atom. The van der Waals surface area contributed by atoms with Crippen LogP contribution < -0.4 is 5.56 Å². The van der Waals surface area contributed by atoms with Crippen LogP contribution in [0.1, 0.15) is 24.2 Å². The van der Waals surface area contributed by atoms with Gasteiger partial charge in [-0.2, -0.15) is 5.26 Å². The van der Waals surface area contributed by atoms with E-state index in [1.165, 1.54) is 17.2 Å². The van der Waals surface area contributed by atoms with Gasteiger partial charge in [-0.25, -0.2) is 28.9 Å². The van der Waals surface area contributed by atoms with Crippen LogP contribution in [-0.2, 0) is 56.9 Å². The number of hydrogen-bond acceptors (Lipinski definition) is 14. The fourth-order valence-electron chi connectivity index (χ4n) is 4.49. The number of fused-ring (bicyclic) bond motifs is 4. The van der Waals surface area contributed by atoms with Crippen molar-refractivity contribution in [1.29, 1.82) is 5.26 Å². The second-order valence-corrected chi connectivity index (χ2v) is 15.1. The standard InChI is InChI=1S/C22H26FN9O8P2S2/c1-13-19(26-10-25-2)31-5-7-36-42(44,35-6-3-4-24)38-8-14-16(23)18(40-41(34,43)37-9-15(31)30-13)22(39-14)32-12-29-17-20(32)27-11-28-21(17)33/h10-12,14,16,18,22H,2-3,5-9H2,1H3,(H,34,43)(H,27,28,33)/b26-10-/t14-,16-,18-,22-,41?,42?/m1/s1. The lowest BCUT2D eigenvalue weighted by atomic mass is 10.1. The van der Waals surface area contributed by atoms with E-state index in [1.54, 1.807) is 11.5 Å². The Hall–Kier alpha value is -2.69. The number of halogens is 1. The Bertz CT molecular complexity index is 1760. The molecule has 44 heavy (non-hydrogen) atoms. The molecule has 17 nitrogen and oxygen atoms in total. The van der Waals surface area contributed by atoms with Crippen molar-refractivity contribution in [2.45, 2.75) is 51.1 Å². The van der Waals surface area contributed by atoms with Crippen LogP contribution in [-0.4, -0.2) is 80.3 Å². The van der Waals surface area contributed by atoms with Crippen molar-refractivity contribution in [3.8, 4) is 6.07 Å². The van der Waals surface area contributed by atoms with Gasteiger partial charge in [0.25, 0.3) is 5.56 Å². The first-order valence-corrected chi connectivity index (χ1v) is 18.1. The van der Waals surface area contributed by atoms with Crippen LogP contribution in [0.25, 0.3) is 11.2 Å². The fourth-order valence-corrected chi connectivity index (χ4v) is 7.66. The van der Waals surface area contributed by atoms with Crippen molar-refractivity contribution in [2.24, 2.45) is 9.98 Å². The van der Waals surface area contributed by atoms with Gasteiger partial charge in [0.05, 0.1) is 50.7 Å². The number of thiol groups is 1. The lowest BCUT2D eigenvalue weighted by Crippen LogP contribution is -2.32. The Labute approximate surface area is 259 Å². The number of nitrogens with zero attached hydrogens (tertiary/aromatic N) is 8. The number of alkyl halides is 1. The van der Waals surface area contributed by atoms with E-state index in [1.807, 2.05) is 6.07 Å². The summed E-state index contributed by atoms with van der Waals surface area (Å²) in [5, 5.41) is 8.98. The molecule has 0 saturated carbocycles. The number of H-pyrrole nitrogens is 1. The van der Waals surface area contributed by atoms with Crippen molar-refractivity contribution < 1.29 is 36.3 Å². The van der Waals surface area contributed by atoms with Crippen molar-refractivity contribution in [1.82, 2.24) is 29.1 Å². The van der Waals surface area contributed by atoms with Crippen LogP contribution in [0.15, 0.2) is 27.4 Å². The Morgan fingerprint density at radius 2 is 2.23 bits per heavy atom. The minimum absolute atomic E-state index is 0.00143. The summed E-state index contributed by atoms with van der Waals surface area (Å²) >= 11 is 9.66. The summed E-state index contributed by atoms with van der Waals surface area (Å²) in [6.45, 7) is -3.72. The molecule has 1 N–H and O–H groups in total. The molecule has 2 bridgehead atoms. The number of ether oxygens (including phenoxy) is 1. The minimum atomic E-state index is -4.30. The third kappa shape index (κ3) is 7.07. The second-order valence-electron chi connectivity index (χ2n) is 9.21. The van der Waals surface area contributed by atoms with Crippen molar-refractivity contribution >= 4 is 67.6 Å². The predicted molar refractivity (Wildman–Crippen MR) is 160 cm³/mol. The van der Waals surface area contributed by atoms with Crippen LogP contribution >= 0.6 is 25.8 Å². The topological polar surface area (TPSA) is 202 Å². The molecular weight excluding hydrogens is 663 g/mol. The van der Waals surface area contributed by atoms with E-state index >= 15 is 4.39 Å². The van der Waals surface area contributed by atoms with E-state index in [0.717, 1.165) is 6.33 Å². The van der Waals surface area contributed by atoms with Crippen LogP contribution in [0.3, 0.4) is 0 Å². The largest absolute Gasteiger partial charge is 0.387 e. The maximum absolute atomic E-state index is 16.1. The van der Waals surface area contributed by atoms with Gasteiger partial charge in [-0.05, 0) is 25.4 Å². The number of nitrogens with one attached hydrogen (secondary N) is 1. The Morgan fingerprint density at radius 3 is 3.00 bits per heavy atom. The summed E-state index contributed by atoms with van der Waals surface area (Å²) in [5.74, 6) is 0.636. The monoisotopic (exact) mass is 689 g/mol. The van der Waals surface area contributed by atoms with Gasteiger partial charge in [-0.3, -0.25) is 23.4 Å². The molecule has 3 aromatic heterocycles. The predicted octanol–water partition coefficient (Wildman–Crippen LogP) is 3.06. The summed E-state index contributed by atoms with van der Waals surface area (Å²) in [4.78, 5) is 35.1. The number of aryl methyl sites for hydroxylation is 1. The highest BCUT2D eigenvalue weighted by Gasteiger charge is 2.51. The zero-order valence-electron chi connectivity index (χ0n) is 23.0. The van der Waals surface area contributed by atoms with E-state index in [2.05, 4.69) is 48.9 Å². The normalized spacial score (nSPS) is 30.0. The molecule has 0 amide bonds. The van der Waals surface area contributed by atoms with Gasteiger partial charge in [0, 0.05) is 6.54 Å². The summed E-state index contributed by atoms with van der Waals surface area (Å²) in [6.07, 6.45) is -2.69. The van der Waals surface area contributed by atoms with Crippen molar-refractivity contribution in [3.05, 3.63) is 34.5 Å². The highest BCUT2D eigenvalue weighted by Crippen LogP contribution is 2.58. The average Bonchev–Trinajstić information content (AvgIpc) is 3.64. The van der Waals surface area contributed by atoms with Gasteiger partial charge >= 0.3 is 13.5 Å². The van der Waals surface area contributed by atoms with E-state index in [0.29, 0.717) is 11.5 Å². The number of rotatable bonds is 6. The average molecular weight is 690 g/mol. The van der Waals surface area contributed by atoms with Gasteiger partial charge in [-0.15, -0.1) is 0 Å². The summed E-state index contributed by atoms with van der Waals surface area (Å²) in [6, 6.07) is 1.94. The van der Waals surface area contributed by atoms with Crippen LogP contribution in [0.5, 0.6) is 0 Å². The highest BCUT2D eigenvalue weighted by molar-refractivity contribution is 8.44. The first-order valence-electron chi connectivity index (χ1n) is 12.9. The first kappa shape index (κ1) is 32.7. The molecule has 3 aromatic rings. The molecule has 0 radical (unpaired) electrons. The molecule has 6 atom stereocenters. The number of imidazole rings is 2. The first-order chi connectivity index (χ1) is 21.1. The lowest BCUT2D eigenvalue weighted by Gasteiger charge is -2.24. The minimum Gasteiger partial charge on any atom is -0.346 e. The van der Waals surface area contributed by atoms with E-state index in [4.69, 9.17) is 44.4 Å². The number of nitriles is 1. The van der Waals surface area contributed by atoms with Crippen molar-refractivity contribution in [2.75, 3.05) is 19.8 Å². The quantitative estimate of drug-likeness (QED) is 0.126. The third-order valence-electron chi connectivity index (χ3n) is 6.39. The molecule has 0 aromatic carbocycles. The van der Waals surface area contributed by atoms with Crippen LogP contribution in [0.2, 0.25) is 0 Å². The van der Waals surface area contributed by atoms with E-state index in [9.17, 15) is 9.36 Å². The maximum atomic E-state index is 16.1. The van der Waals surface area contributed by atoms with Crippen LogP contribution in [0, 0.1) is 18.3 Å². The summed E-state index contributed by atoms with van der Waals surface area (Å²) in [5.41, 5.74) is -0.0481. The van der Waals surface area contributed by atoms with Gasteiger partial charge in [0.15, 0.2) is 29.4 Å². The molecule has 22 heteroatoms. The van der Waals surface area contributed by atoms with Gasteiger partial charge in [-0.1, -0.05) is 12.2 Å². The number of hydrogen-bond donors (Lipinski definition) is 2. The molecule has 1 fully saturated rings. The lowest BCUT2D eigenvalue weighted by molar-refractivity contribution is -0.0461. The summed E-state index contributed by atoms with van der Waals surface area (Å²) in [7, 11) is 0. The highest BCUT2D eigenvalue weighted by atomic mass is 32.7. The molecule has 2 aliphatic heterocycles. The number of aliphatic imine (C=N–C) groups is 2. The van der Waals surface area contributed by atoms with Gasteiger partial charge in [0.2, 0.25) is 0 Å². The molecular formula is C22H26FN9O8P2S2. The third-order valence-corrected chi connectivity index (χ3v) is 10.4. The summed E-state index contributed by atoms with van der Waals surface area (Å²) < 4.78 is 66.9. The smallest absolute Gasteiger partial charge is 0.346 e. The molecule has 0 aliphatic carbocycles. The SMILES string of the molecule is C=N/C=N\c1c(C)nc2n1CCOP(=S)(OCCC#N)OC[C@H]1O[C@@H](n3cnc4c(=O)[nH]cnc43)[C@H](OP(=O)(S)OC2)[C@@H]1F. The van der Waals surface area contributed by atoms with Crippen molar-refractivity contribution in [3.63, 3.8) is 0 Å². The van der Waals surface area contributed by atoms with Gasteiger partial charge < -0.3 is 27.9 Å². The molecule has 1 saturated heterocycles.